The van der Waals surface area contributed by atoms with E-state index in [4.69, 9.17) is 4.74 Å². The monoisotopic (exact) mass is 379 g/mol. The van der Waals surface area contributed by atoms with Crippen LogP contribution in [-0.2, 0) is 6.42 Å². The average molecular weight is 379 g/mol. The van der Waals surface area contributed by atoms with Gasteiger partial charge in [0.15, 0.2) is 0 Å². The fraction of sp³-hybridized carbons (Fsp3) is 0.364. The third kappa shape index (κ3) is 3.42. The van der Waals surface area contributed by atoms with Gasteiger partial charge in [0.1, 0.15) is 11.5 Å². The van der Waals surface area contributed by atoms with Crippen molar-refractivity contribution in [3.8, 4) is 11.5 Å². The second-order valence-electron chi connectivity index (χ2n) is 7.51. The summed E-state index contributed by atoms with van der Waals surface area (Å²) in [5, 5.41) is 18.8. The molecule has 4 rings (SSSR count). The summed E-state index contributed by atoms with van der Waals surface area (Å²) in [7, 11) is 3.28. The number of aromatic amines is 1. The average Bonchev–Trinajstić information content (AvgIpc) is 3.36. The molecule has 0 radical (unpaired) electrons. The molecule has 1 amide bonds. The van der Waals surface area contributed by atoms with Gasteiger partial charge in [-0.05, 0) is 30.5 Å². The highest BCUT2D eigenvalue weighted by atomic mass is 16.5. The number of benzene rings is 2. The first kappa shape index (κ1) is 18.3. The Kier molecular flexibility index (Phi) is 4.94. The smallest absolute Gasteiger partial charge is 0.261 e. The molecule has 1 aromatic heterocycles. The molecule has 6 nitrogen and oxygen atoms in total. The van der Waals surface area contributed by atoms with Crippen LogP contribution in [-0.4, -0.2) is 35.4 Å². The summed E-state index contributed by atoms with van der Waals surface area (Å²) >= 11 is 0. The topological polar surface area (TPSA) is 78.5 Å². The lowest BCUT2D eigenvalue weighted by Gasteiger charge is -2.19. The molecule has 1 saturated carbocycles. The molecule has 0 bridgehead atoms. The van der Waals surface area contributed by atoms with Crippen LogP contribution in [0.5, 0.6) is 11.5 Å². The number of methoxy groups -OCH3 is 1. The zero-order valence-electron chi connectivity index (χ0n) is 16.2. The molecule has 1 fully saturated rings. The Labute approximate surface area is 164 Å². The highest BCUT2D eigenvalue weighted by Crippen LogP contribution is 2.32. The van der Waals surface area contributed by atoms with Crippen LogP contribution in [0.3, 0.4) is 0 Å². The lowest BCUT2D eigenvalue weighted by molar-refractivity contribution is 0.0990. The molecule has 0 spiro atoms. The number of anilines is 1. The molecule has 0 aliphatic heterocycles. The van der Waals surface area contributed by atoms with Crippen LogP contribution in [0, 0.1) is 5.92 Å². The summed E-state index contributed by atoms with van der Waals surface area (Å²) in [6.07, 6.45) is 5.98. The number of carbonyl (C=O) groups excluding carboxylic acids is 1. The normalized spacial score (nSPS) is 14.5. The van der Waals surface area contributed by atoms with Gasteiger partial charge in [-0.3, -0.25) is 9.89 Å². The van der Waals surface area contributed by atoms with Gasteiger partial charge in [0.2, 0.25) is 0 Å². The van der Waals surface area contributed by atoms with Gasteiger partial charge in [-0.15, -0.1) is 0 Å². The quantitative estimate of drug-likeness (QED) is 0.693. The van der Waals surface area contributed by atoms with Crippen LogP contribution in [0.2, 0.25) is 0 Å². The van der Waals surface area contributed by atoms with Gasteiger partial charge in [0.05, 0.1) is 18.2 Å². The molecular formula is C22H25N3O3. The number of fused-ring (bicyclic) bond motifs is 1. The fourth-order valence-electron chi connectivity index (χ4n) is 4.05. The first-order valence-electron chi connectivity index (χ1n) is 9.69. The Morgan fingerprint density at radius 3 is 2.82 bits per heavy atom. The lowest BCUT2D eigenvalue weighted by atomic mass is 9.99. The molecular weight excluding hydrogens is 354 g/mol. The molecule has 2 aromatic carbocycles. The third-order valence-electron chi connectivity index (χ3n) is 5.69. The van der Waals surface area contributed by atoms with Crippen LogP contribution < -0.4 is 9.64 Å². The van der Waals surface area contributed by atoms with Crippen molar-refractivity contribution in [2.45, 2.75) is 32.1 Å². The number of nitrogens with one attached hydrogen (secondary N) is 1. The number of H-pyrrole nitrogens is 1. The molecule has 0 unspecified atom stereocenters. The van der Waals surface area contributed by atoms with Crippen molar-refractivity contribution in [3.05, 3.63) is 47.7 Å². The van der Waals surface area contributed by atoms with Crippen molar-refractivity contribution in [1.29, 1.82) is 0 Å². The summed E-state index contributed by atoms with van der Waals surface area (Å²) in [5.41, 5.74) is 2.69. The van der Waals surface area contributed by atoms with Crippen molar-refractivity contribution in [2.75, 3.05) is 19.1 Å². The Balaban J connectivity index is 1.66. The Morgan fingerprint density at radius 1 is 1.29 bits per heavy atom. The van der Waals surface area contributed by atoms with Crippen molar-refractivity contribution >= 4 is 22.5 Å². The molecule has 1 heterocycles. The highest BCUT2D eigenvalue weighted by molar-refractivity contribution is 6.09. The van der Waals surface area contributed by atoms with Gasteiger partial charge in [-0.1, -0.05) is 31.7 Å². The number of ether oxygens (including phenoxy) is 1. The van der Waals surface area contributed by atoms with Crippen LogP contribution in [0.25, 0.3) is 10.9 Å². The molecule has 146 valence electrons. The Morgan fingerprint density at radius 2 is 2.07 bits per heavy atom. The van der Waals surface area contributed by atoms with Gasteiger partial charge in [0, 0.05) is 35.9 Å². The lowest BCUT2D eigenvalue weighted by Crippen LogP contribution is -2.26. The SMILES string of the molecule is COc1cccc(N(C)C(=O)c2cc3c(CC4CCCC4)[nH]nc3cc2O)c1. The molecule has 3 aromatic rings. The number of hydrogen-bond acceptors (Lipinski definition) is 4. The Hall–Kier alpha value is -3.02. The van der Waals surface area contributed by atoms with Crippen LogP contribution >= 0.6 is 0 Å². The van der Waals surface area contributed by atoms with Crippen molar-refractivity contribution in [3.63, 3.8) is 0 Å². The minimum Gasteiger partial charge on any atom is -0.507 e. The maximum atomic E-state index is 13.1. The zero-order valence-corrected chi connectivity index (χ0v) is 16.2. The van der Waals surface area contributed by atoms with Crippen LogP contribution in [0.4, 0.5) is 5.69 Å². The number of phenolic OH excluding ortho intramolecular Hbond substituents is 1. The van der Waals surface area contributed by atoms with E-state index in [1.807, 2.05) is 18.2 Å². The first-order valence-corrected chi connectivity index (χ1v) is 9.69. The number of aromatic nitrogens is 2. The number of aromatic hydroxyl groups is 1. The maximum Gasteiger partial charge on any atom is 0.261 e. The fourth-order valence-corrected chi connectivity index (χ4v) is 4.05. The number of carbonyl (C=O) groups is 1. The van der Waals surface area contributed by atoms with Crippen molar-refractivity contribution in [2.24, 2.45) is 5.92 Å². The second kappa shape index (κ2) is 7.54. The largest absolute Gasteiger partial charge is 0.507 e. The second-order valence-corrected chi connectivity index (χ2v) is 7.51. The van der Waals surface area contributed by atoms with E-state index in [1.54, 1.807) is 32.4 Å². The molecule has 1 aliphatic rings. The van der Waals surface area contributed by atoms with E-state index in [1.165, 1.54) is 30.6 Å². The van der Waals surface area contributed by atoms with Gasteiger partial charge in [0.25, 0.3) is 5.91 Å². The summed E-state index contributed by atoms with van der Waals surface area (Å²) < 4.78 is 5.24. The molecule has 1 aliphatic carbocycles. The molecule has 0 saturated heterocycles. The van der Waals surface area contributed by atoms with Gasteiger partial charge in [-0.2, -0.15) is 5.10 Å². The Bertz CT molecular complexity index is 1010. The minimum absolute atomic E-state index is 0.0637. The number of hydrogen-bond donors (Lipinski definition) is 2. The summed E-state index contributed by atoms with van der Waals surface area (Å²) in [6.45, 7) is 0. The first-order chi connectivity index (χ1) is 13.6. The minimum atomic E-state index is -0.277. The van der Waals surface area contributed by atoms with Gasteiger partial charge < -0.3 is 14.7 Å². The molecule has 6 heteroatoms. The van der Waals surface area contributed by atoms with Crippen LogP contribution in [0.15, 0.2) is 36.4 Å². The van der Waals surface area contributed by atoms with Crippen molar-refractivity contribution in [1.82, 2.24) is 10.2 Å². The van der Waals surface area contributed by atoms with Gasteiger partial charge in [-0.25, -0.2) is 0 Å². The third-order valence-corrected chi connectivity index (χ3v) is 5.69. The van der Waals surface area contributed by atoms with Gasteiger partial charge >= 0.3 is 0 Å². The van der Waals surface area contributed by atoms with Crippen LogP contribution in [0.1, 0.15) is 41.7 Å². The standard InChI is InChI=1S/C22H25N3O3/c1-25(15-8-5-9-16(11-15)28-2)22(27)18-12-17-19(10-14-6-3-4-7-14)23-24-20(17)13-21(18)26/h5,8-9,11-14,26H,3-4,6-7,10H2,1-2H3,(H,23,24). The van der Waals surface area contributed by atoms with E-state index in [2.05, 4.69) is 10.2 Å². The molecule has 2 N–H and O–H groups in total. The van der Waals surface area contributed by atoms with E-state index in [0.29, 0.717) is 22.9 Å². The summed E-state index contributed by atoms with van der Waals surface area (Å²) in [5.74, 6) is 0.994. The van der Waals surface area contributed by atoms with E-state index < -0.39 is 0 Å². The number of amides is 1. The van der Waals surface area contributed by atoms with E-state index in [-0.39, 0.29) is 17.2 Å². The summed E-state index contributed by atoms with van der Waals surface area (Å²) in [4.78, 5) is 14.6. The maximum absolute atomic E-state index is 13.1. The highest BCUT2D eigenvalue weighted by Gasteiger charge is 2.22. The number of nitrogens with zero attached hydrogens (tertiary/aromatic N) is 2. The molecule has 28 heavy (non-hydrogen) atoms. The number of rotatable bonds is 5. The number of phenols is 1. The molecule has 0 atom stereocenters. The van der Waals surface area contributed by atoms with Crippen molar-refractivity contribution < 1.29 is 14.6 Å². The zero-order chi connectivity index (χ0) is 19.7. The van der Waals surface area contributed by atoms with E-state index in [9.17, 15) is 9.90 Å². The van der Waals surface area contributed by atoms with E-state index >= 15 is 0 Å². The summed E-state index contributed by atoms with van der Waals surface area (Å²) in [6, 6.07) is 10.6. The predicted molar refractivity (Wildman–Crippen MR) is 109 cm³/mol. The predicted octanol–water partition coefficient (Wildman–Crippen LogP) is 4.29. The van der Waals surface area contributed by atoms with E-state index in [0.717, 1.165) is 17.5 Å².